The number of morpholine rings is 1. The molecular formula is C41H37N3O6. The van der Waals surface area contributed by atoms with Crippen molar-refractivity contribution in [3.8, 4) is 5.75 Å². The lowest BCUT2D eigenvalue weighted by Crippen LogP contribution is -2.49. The molecule has 9 heteroatoms. The van der Waals surface area contributed by atoms with Crippen LogP contribution in [0.4, 0.5) is 17.1 Å². The molecule has 1 saturated carbocycles. The van der Waals surface area contributed by atoms with Gasteiger partial charge in [0.15, 0.2) is 0 Å². The summed E-state index contributed by atoms with van der Waals surface area (Å²) in [5.74, 6) is -4.36. The monoisotopic (exact) mass is 667 g/mol. The summed E-state index contributed by atoms with van der Waals surface area (Å²) in [6, 6.07) is 27.7. The van der Waals surface area contributed by atoms with Gasteiger partial charge in [0, 0.05) is 30.3 Å². The van der Waals surface area contributed by atoms with E-state index in [2.05, 4.69) is 4.90 Å². The maximum absolute atomic E-state index is 14.8. The number of nitrogens with zero attached hydrogens (tertiary/aromatic N) is 3. The highest BCUT2D eigenvalue weighted by molar-refractivity contribution is 6.25. The van der Waals surface area contributed by atoms with Crippen molar-refractivity contribution < 1.29 is 29.0 Å². The van der Waals surface area contributed by atoms with Crippen LogP contribution in [0.3, 0.4) is 0 Å². The van der Waals surface area contributed by atoms with Gasteiger partial charge < -0.3 is 14.7 Å². The van der Waals surface area contributed by atoms with E-state index in [0.29, 0.717) is 36.6 Å². The Bertz CT molecular complexity index is 2110. The van der Waals surface area contributed by atoms with Gasteiger partial charge in [0.1, 0.15) is 5.75 Å². The molecule has 4 fully saturated rings. The van der Waals surface area contributed by atoms with Gasteiger partial charge in [-0.2, -0.15) is 0 Å². The zero-order valence-corrected chi connectivity index (χ0v) is 27.7. The second-order valence-corrected chi connectivity index (χ2v) is 14.3. The third-order valence-corrected chi connectivity index (χ3v) is 12.0. The topological polar surface area (TPSA) is 107 Å². The predicted octanol–water partition coefficient (Wildman–Crippen LogP) is 5.82. The Morgan fingerprint density at radius 2 is 1.40 bits per heavy atom. The summed E-state index contributed by atoms with van der Waals surface area (Å²) in [5.41, 5.74) is 2.21. The van der Waals surface area contributed by atoms with Gasteiger partial charge in [0.2, 0.25) is 23.6 Å². The molecule has 3 saturated heterocycles. The molecule has 5 aliphatic rings. The molecule has 50 heavy (non-hydrogen) atoms. The van der Waals surface area contributed by atoms with Crippen LogP contribution in [0.2, 0.25) is 0 Å². The number of fused-ring (bicyclic) bond motifs is 5. The van der Waals surface area contributed by atoms with Crippen molar-refractivity contribution in [1.29, 1.82) is 0 Å². The number of hydrogen-bond acceptors (Lipinski definition) is 7. The van der Waals surface area contributed by atoms with Gasteiger partial charge >= 0.3 is 0 Å². The molecule has 1 N–H and O–H groups in total. The molecule has 2 aliphatic carbocycles. The van der Waals surface area contributed by atoms with E-state index in [1.165, 1.54) is 9.80 Å². The predicted molar refractivity (Wildman–Crippen MR) is 189 cm³/mol. The fourth-order valence-electron chi connectivity index (χ4n) is 9.62. The fraction of sp³-hybridized carbons (Fsp3) is 0.317. The first-order valence-electron chi connectivity index (χ1n) is 17.4. The Hall–Kier alpha value is -5.28. The van der Waals surface area contributed by atoms with E-state index in [9.17, 15) is 24.3 Å². The van der Waals surface area contributed by atoms with E-state index in [-0.39, 0.29) is 35.8 Å². The number of hydrogen-bond donors (Lipinski definition) is 1. The van der Waals surface area contributed by atoms with E-state index in [1.807, 2.05) is 73.7 Å². The van der Waals surface area contributed by atoms with Crippen molar-refractivity contribution >= 4 is 51.5 Å². The number of ether oxygens (including phenoxy) is 1. The molecule has 6 atom stereocenters. The van der Waals surface area contributed by atoms with E-state index in [0.717, 1.165) is 35.1 Å². The molecule has 252 valence electrons. The molecule has 0 radical (unpaired) electrons. The highest BCUT2D eigenvalue weighted by Crippen LogP contribution is 2.65. The number of carbonyl (C=O) groups is 4. The number of imide groups is 2. The van der Waals surface area contributed by atoms with Crippen LogP contribution in [-0.4, -0.2) is 55.0 Å². The van der Waals surface area contributed by atoms with Crippen molar-refractivity contribution in [3.05, 3.63) is 108 Å². The normalized spacial score (nSPS) is 29.3. The third-order valence-electron chi connectivity index (χ3n) is 12.0. The maximum atomic E-state index is 14.8. The average Bonchev–Trinajstić information content (AvgIpc) is 3.52. The van der Waals surface area contributed by atoms with Gasteiger partial charge in [0.05, 0.1) is 47.8 Å². The number of amides is 4. The number of carbonyl (C=O) groups excluding carboxylic acids is 4. The quantitative estimate of drug-likeness (QED) is 0.216. The van der Waals surface area contributed by atoms with Crippen LogP contribution in [0.25, 0.3) is 10.8 Å². The minimum Gasteiger partial charge on any atom is -0.508 e. The number of phenolic OH excluding ortho intramolecular Hbond substituents is 1. The number of benzene rings is 4. The van der Waals surface area contributed by atoms with E-state index in [1.54, 1.807) is 30.3 Å². The van der Waals surface area contributed by atoms with Gasteiger partial charge in [-0.1, -0.05) is 60.2 Å². The second kappa shape index (κ2) is 11.4. The number of para-hydroxylation sites is 1. The van der Waals surface area contributed by atoms with Gasteiger partial charge in [0.25, 0.3) is 0 Å². The van der Waals surface area contributed by atoms with Crippen molar-refractivity contribution in [1.82, 2.24) is 0 Å². The van der Waals surface area contributed by atoms with Crippen LogP contribution < -0.4 is 14.7 Å². The van der Waals surface area contributed by atoms with Crippen molar-refractivity contribution in [2.24, 2.45) is 29.1 Å². The van der Waals surface area contributed by atoms with Gasteiger partial charge in [-0.25, -0.2) is 4.90 Å². The molecule has 4 aromatic carbocycles. The number of allylic oxidation sites excluding steroid dienone is 2. The van der Waals surface area contributed by atoms with Crippen LogP contribution in [0.1, 0.15) is 31.2 Å². The zero-order valence-electron chi connectivity index (χ0n) is 27.7. The van der Waals surface area contributed by atoms with Crippen LogP contribution >= 0.6 is 0 Å². The zero-order chi connectivity index (χ0) is 34.3. The number of anilines is 3. The van der Waals surface area contributed by atoms with Crippen molar-refractivity contribution in [2.75, 3.05) is 41.0 Å². The molecule has 0 bridgehead atoms. The summed E-state index contributed by atoms with van der Waals surface area (Å²) in [6.07, 6.45) is 2.61. The van der Waals surface area contributed by atoms with Gasteiger partial charge in [-0.05, 0) is 78.9 Å². The molecule has 9 nitrogen and oxygen atoms in total. The SMILES string of the molecule is C[C@@]12C(=O)N(c3ccccc3)C(=O)[C@@H]1C[C@@H]1C(=CC[C@@H]3C(=O)N(c4ccc(N5CCOCC5)cc4)C(=O)[C@@H]31)[C@@H]2c1c(O)ccc2ccccc12. The van der Waals surface area contributed by atoms with Gasteiger partial charge in [-0.15, -0.1) is 0 Å². The number of phenols is 1. The van der Waals surface area contributed by atoms with Crippen LogP contribution in [0, 0.1) is 29.1 Å². The molecule has 9 rings (SSSR count). The number of rotatable bonds is 4. The minimum absolute atomic E-state index is 0.0339. The first-order valence-corrected chi connectivity index (χ1v) is 17.4. The summed E-state index contributed by atoms with van der Waals surface area (Å²) < 4.78 is 5.49. The number of aromatic hydroxyl groups is 1. The van der Waals surface area contributed by atoms with Crippen LogP contribution in [-0.2, 0) is 23.9 Å². The third kappa shape index (κ3) is 4.29. The van der Waals surface area contributed by atoms with E-state index < -0.39 is 35.0 Å². The fourth-order valence-corrected chi connectivity index (χ4v) is 9.62. The molecule has 3 heterocycles. The van der Waals surface area contributed by atoms with E-state index in [4.69, 9.17) is 4.74 Å². The van der Waals surface area contributed by atoms with Gasteiger partial charge in [-0.3, -0.25) is 24.1 Å². The minimum atomic E-state index is -1.25. The Labute approximate surface area is 289 Å². The highest BCUT2D eigenvalue weighted by atomic mass is 16.5. The summed E-state index contributed by atoms with van der Waals surface area (Å²) in [6.45, 7) is 4.70. The Morgan fingerprint density at radius 1 is 0.720 bits per heavy atom. The second-order valence-electron chi connectivity index (χ2n) is 14.3. The average molecular weight is 668 g/mol. The van der Waals surface area contributed by atoms with Crippen LogP contribution in [0.5, 0.6) is 5.75 Å². The molecule has 0 unspecified atom stereocenters. The lowest BCUT2D eigenvalue weighted by atomic mass is 9.51. The molecule has 0 aromatic heterocycles. The first kappa shape index (κ1) is 30.8. The molecule has 4 aromatic rings. The lowest BCUT2D eigenvalue weighted by Gasteiger charge is -2.49. The smallest absolute Gasteiger partial charge is 0.241 e. The first-order chi connectivity index (χ1) is 24.3. The standard InChI is InChI=1S/C41H37N3O6/c1-41-32(38(47)44(40(41)49)26-8-3-2-4-9-26)23-31-29(36(41)35-28-10-6-5-7-24(28)11-18-33(35)45)16-17-30-34(31)39(48)43(37(30)46)27-14-12-25(13-15-27)42-19-21-50-22-20-42/h2-16,18,30-32,34,36,45H,17,19-23H2,1H3/t30-,31+,32-,34-,36+,41+/m0/s1. The Morgan fingerprint density at radius 3 is 2.16 bits per heavy atom. The largest absolute Gasteiger partial charge is 0.508 e. The Balaban J connectivity index is 1.15. The van der Waals surface area contributed by atoms with Crippen molar-refractivity contribution in [3.63, 3.8) is 0 Å². The van der Waals surface area contributed by atoms with Crippen LogP contribution in [0.15, 0.2) is 103 Å². The molecule has 4 amide bonds. The molecule has 0 spiro atoms. The summed E-state index contributed by atoms with van der Waals surface area (Å²) in [5, 5.41) is 13.3. The van der Waals surface area contributed by atoms with E-state index >= 15 is 0 Å². The summed E-state index contributed by atoms with van der Waals surface area (Å²) in [4.78, 5) is 62.8. The Kier molecular flexibility index (Phi) is 7.00. The van der Waals surface area contributed by atoms with Crippen molar-refractivity contribution in [2.45, 2.75) is 25.7 Å². The molecule has 3 aliphatic heterocycles. The highest BCUT2D eigenvalue weighted by Gasteiger charge is 2.68. The lowest BCUT2D eigenvalue weighted by molar-refractivity contribution is -0.131. The molecular weight excluding hydrogens is 630 g/mol. The maximum Gasteiger partial charge on any atom is 0.241 e. The summed E-state index contributed by atoms with van der Waals surface area (Å²) >= 11 is 0. The summed E-state index contributed by atoms with van der Waals surface area (Å²) in [7, 11) is 0.